The highest BCUT2D eigenvalue weighted by atomic mass is 32.1. The molecule has 0 amide bonds. The molecule has 0 aliphatic carbocycles. The average molecular weight is 378 g/mol. The van der Waals surface area contributed by atoms with Crippen LogP contribution in [0.15, 0.2) is 41.8 Å². The molecule has 2 heterocycles. The Balaban J connectivity index is 1.66. The number of fused-ring (bicyclic) bond motifs is 1. The summed E-state index contributed by atoms with van der Waals surface area (Å²) in [5, 5.41) is 21.8. The molecule has 3 aromatic rings. The maximum atomic E-state index is 9.70. The van der Waals surface area contributed by atoms with E-state index < -0.39 is 0 Å². The summed E-state index contributed by atoms with van der Waals surface area (Å²) in [6.07, 6.45) is 1.71. The fraction of sp³-hybridized carbons (Fsp3) is 0.100. The lowest BCUT2D eigenvalue weighted by molar-refractivity contribution is 0.174. The molecule has 0 saturated carbocycles. The van der Waals surface area contributed by atoms with Crippen molar-refractivity contribution in [1.29, 1.82) is 5.26 Å². The molecule has 0 bridgehead atoms. The third kappa shape index (κ3) is 3.30. The summed E-state index contributed by atoms with van der Waals surface area (Å²) < 4.78 is 15.8. The van der Waals surface area contributed by atoms with Crippen molar-refractivity contribution in [3.05, 3.63) is 52.3 Å². The van der Waals surface area contributed by atoms with Crippen molar-refractivity contribution in [3.8, 4) is 40.3 Å². The third-order valence-electron chi connectivity index (χ3n) is 4.04. The number of hydrogen-bond donors (Lipinski definition) is 1. The van der Waals surface area contributed by atoms with Crippen LogP contribution in [0.1, 0.15) is 10.6 Å². The van der Waals surface area contributed by atoms with Crippen LogP contribution in [0.2, 0.25) is 0 Å². The van der Waals surface area contributed by atoms with Crippen LogP contribution in [-0.4, -0.2) is 24.0 Å². The summed E-state index contributed by atoms with van der Waals surface area (Å²) >= 11 is 1.39. The smallest absolute Gasteiger partial charge is 0.231 e. The number of allylic oxidation sites excluding steroid dienone is 1. The molecule has 1 aliphatic rings. The number of nitrogens with zero attached hydrogens (tertiary/aromatic N) is 2. The van der Waals surface area contributed by atoms with E-state index in [1.165, 1.54) is 24.5 Å². The molecule has 1 N–H and O–H groups in total. The van der Waals surface area contributed by atoms with E-state index in [1.807, 2.05) is 23.6 Å². The Morgan fingerprint density at radius 1 is 1.26 bits per heavy atom. The number of phenolic OH excluding ortho intramolecular Hbond substituents is 1. The highest BCUT2D eigenvalue weighted by Gasteiger charge is 2.16. The zero-order valence-electron chi connectivity index (χ0n) is 14.3. The second-order valence-corrected chi connectivity index (χ2v) is 6.57. The van der Waals surface area contributed by atoms with E-state index in [0.717, 1.165) is 16.8 Å². The number of hydrogen-bond acceptors (Lipinski definition) is 7. The molecule has 0 saturated heterocycles. The number of rotatable bonds is 4. The zero-order valence-corrected chi connectivity index (χ0v) is 15.1. The van der Waals surface area contributed by atoms with Gasteiger partial charge in [0.25, 0.3) is 0 Å². The maximum absolute atomic E-state index is 9.70. The number of nitriles is 1. The number of benzene rings is 2. The van der Waals surface area contributed by atoms with Crippen molar-refractivity contribution < 1.29 is 19.3 Å². The second-order valence-electron chi connectivity index (χ2n) is 5.71. The predicted molar refractivity (Wildman–Crippen MR) is 102 cm³/mol. The van der Waals surface area contributed by atoms with Gasteiger partial charge in [0.05, 0.1) is 18.4 Å². The van der Waals surface area contributed by atoms with Crippen molar-refractivity contribution in [2.75, 3.05) is 13.9 Å². The molecule has 27 heavy (non-hydrogen) atoms. The number of thiazole rings is 1. The van der Waals surface area contributed by atoms with E-state index >= 15 is 0 Å². The molecule has 0 fully saturated rings. The summed E-state index contributed by atoms with van der Waals surface area (Å²) in [6.45, 7) is 0.221. The van der Waals surface area contributed by atoms with E-state index in [9.17, 15) is 10.4 Å². The molecule has 0 unspecified atom stereocenters. The van der Waals surface area contributed by atoms with Crippen LogP contribution in [-0.2, 0) is 0 Å². The van der Waals surface area contributed by atoms with Gasteiger partial charge in [-0.1, -0.05) is 6.07 Å². The van der Waals surface area contributed by atoms with Crippen molar-refractivity contribution >= 4 is 23.0 Å². The van der Waals surface area contributed by atoms with Crippen molar-refractivity contribution in [1.82, 2.24) is 4.98 Å². The lowest BCUT2D eigenvalue weighted by atomic mass is 10.1. The summed E-state index contributed by atoms with van der Waals surface area (Å²) in [4.78, 5) is 4.58. The molecule has 6 nitrogen and oxygen atoms in total. The van der Waals surface area contributed by atoms with Gasteiger partial charge < -0.3 is 19.3 Å². The molecule has 0 radical (unpaired) electrons. The van der Waals surface area contributed by atoms with Gasteiger partial charge >= 0.3 is 0 Å². The Morgan fingerprint density at radius 2 is 2.11 bits per heavy atom. The van der Waals surface area contributed by atoms with E-state index in [0.29, 0.717) is 27.8 Å². The Morgan fingerprint density at radius 3 is 2.93 bits per heavy atom. The van der Waals surface area contributed by atoms with Gasteiger partial charge in [-0.2, -0.15) is 5.26 Å². The summed E-state index contributed by atoms with van der Waals surface area (Å²) in [6, 6.07) is 12.7. The topological polar surface area (TPSA) is 84.6 Å². The number of methoxy groups -OCH3 is 1. The molecule has 1 aliphatic heterocycles. The minimum atomic E-state index is 0.0486. The summed E-state index contributed by atoms with van der Waals surface area (Å²) in [5.41, 5.74) is 2.82. The lowest BCUT2D eigenvalue weighted by Gasteiger charge is -2.04. The summed E-state index contributed by atoms with van der Waals surface area (Å²) in [7, 11) is 1.48. The Labute approximate surface area is 159 Å². The van der Waals surface area contributed by atoms with E-state index in [4.69, 9.17) is 14.2 Å². The molecule has 1 aromatic heterocycles. The molecule has 134 valence electrons. The van der Waals surface area contributed by atoms with Gasteiger partial charge in [-0.3, -0.25) is 0 Å². The lowest BCUT2D eigenvalue weighted by Crippen LogP contribution is -1.92. The van der Waals surface area contributed by atoms with Crippen LogP contribution in [0.3, 0.4) is 0 Å². The van der Waals surface area contributed by atoms with Gasteiger partial charge in [0, 0.05) is 10.9 Å². The first kappa shape index (κ1) is 16.9. The third-order valence-corrected chi connectivity index (χ3v) is 4.91. The van der Waals surface area contributed by atoms with Crippen LogP contribution in [0, 0.1) is 11.3 Å². The van der Waals surface area contributed by atoms with Crippen LogP contribution in [0.25, 0.3) is 22.9 Å². The van der Waals surface area contributed by atoms with Crippen molar-refractivity contribution in [2.24, 2.45) is 0 Å². The number of aromatic nitrogens is 1. The number of phenols is 1. The number of aromatic hydroxyl groups is 1. The minimum absolute atomic E-state index is 0.0486. The highest BCUT2D eigenvalue weighted by molar-refractivity contribution is 7.11. The van der Waals surface area contributed by atoms with Gasteiger partial charge in [0.15, 0.2) is 23.0 Å². The molecular weight excluding hydrogens is 364 g/mol. The Bertz CT molecular complexity index is 1080. The maximum Gasteiger partial charge on any atom is 0.231 e. The van der Waals surface area contributed by atoms with Gasteiger partial charge in [0.1, 0.15) is 11.1 Å². The fourth-order valence-corrected chi connectivity index (χ4v) is 3.47. The van der Waals surface area contributed by atoms with Crippen LogP contribution >= 0.6 is 11.3 Å². The quantitative estimate of drug-likeness (QED) is 0.681. The van der Waals surface area contributed by atoms with Gasteiger partial charge in [-0.05, 0) is 42.0 Å². The van der Waals surface area contributed by atoms with Gasteiger partial charge in [0.2, 0.25) is 6.79 Å². The van der Waals surface area contributed by atoms with Crippen LogP contribution in [0.5, 0.6) is 23.0 Å². The molecule has 0 atom stereocenters. The minimum Gasteiger partial charge on any atom is -0.504 e. The van der Waals surface area contributed by atoms with Crippen LogP contribution < -0.4 is 14.2 Å². The fourth-order valence-electron chi connectivity index (χ4n) is 2.68. The van der Waals surface area contributed by atoms with Crippen LogP contribution in [0.4, 0.5) is 0 Å². The normalized spacial score (nSPS) is 12.7. The predicted octanol–water partition coefficient (Wildman–Crippen LogP) is 4.32. The second kappa shape index (κ2) is 7.02. The van der Waals surface area contributed by atoms with Gasteiger partial charge in [-0.25, -0.2) is 4.98 Å². The molecule has 0 spiro atoms. The van der Waals surface area contributed by atoms with E-state index in [-0.39, 0.29) is 12.5 Å². The van der Waals surface area contributed by atoms with Crippen molar-refractivity contribution in [2.45, 2.75) is 0 Å². The molecular formula is C20H14N2O4S. The molecule has 4 rings (SSSR count). The molecule has 7 heteroatoms. The first-order chi connectivity index (χ1) is 13.2. The summed E-state index contributed by atoms with van der Waals surface area (Å²) in [5.74, 6) is 1.80. The highest BCUT2D eigenvalue weighted by Crippen LogP contribution is 2.37. The average Bonchev–Trinajstić information content (AvgIpc) is 3.36. The zero-order chi connectivity index (χ0) is 18.8. The first-order valence-corrected chi connectivity index (χ1v) is 8.90. The Hall–Kier alpha value is -3.50. The van der Waals surface area contributed by atoms with E-state index in [2.05, 4.69) is 11.1 Å². The first-order valence-electron chi connectivity index (χ1n) is 8.02. The van der Waals surface area contributed by atoms with Crippen molar-refractivity contribution in [3.63, 3.8) is 0 Å². The Kier molecular flexibility index (Phi) is 4.40. The number of ether oxygens (including phenoxy) is 3. The largest absolute Gasteiger partial charge is 0.504 e. The monoisotopic (exact) mass is 378 g/mol. The van der Waals surface area contributed by atoms with E-state index in [1.54, 1.807) is 18.2 Å². The van der Waals surface area contributed by atoms with Gasteiger partial charge in [-0.15, -0.1) is 11.3 Å². The molecule has 2 aromatic carbocycles. The standard InChI is InChI=1S/C20H14N2O4S/c1-24-18-7-12(2-4-16(18)23)6-14(9-21)20-22-15(10-27-20)13-3-5-17-19(8-13)26-11-25-17/h2-8,10,23H,11H2,1H3. The SMILES string of the molecule is COc1cc(C=C(C#N)c2nc(-c3ccc4c(c3)OCO4)cs2)ccc1O.